The van der Waals surface area contributed by atoms with Crippen LogP contribution in [0.3, 0.4) is 0 Å². The fraction of sp³-hybridized carbons (Fsp3) is 0.385. The van der Waals surface area contributed by atoms with Gasteiger partial charge in [0.2, 0.25) is 0 Å². The molecule has 0 amide bonds. The Balaban J connectivity index is 1.73. The zero-order valence-electron chi connectivity index (χ0n) is 10.4. The van der Waals surface area contributed by atoms with E-state index in [4.69, 9.17) is 5.73 Å². The molecule has 19 heavy (non-hydrogen) atoms. The molecule has 0 bridgehead atoms. The summed E-state index contributed by atoms with van der Waals surface area (Å²) in [6.45, 7) is 0.466. The number of benzene rings is 1. The van der Waals surface area contributed by atoms with Gasteiger partial charge in [-0.2, -0.15) is 0 Å². The third-order valence-electron chi connectivity index (χ3n) is 3.11. The molecule has 3 rings (SSSR count). The molecule has 2 N–H and O–H groups in total. The predicted molar refractivity (Wildman–Crippen MR) is 84.9 cm³/mol. The second-order valence-electron chi connectivity index (χ2n) is 4.62. The number of nitrogens with zero attached hydrogens (tertiary/aromatic N) is 3. The van der Waals surface area contributed by atoms with E-state index in [0.717, 1.165) is 16.7 Å². The van der Waals surface area contributed by atoms with Gasteiger partial charge >= 0.3 is 0 Å². The van der Waals surface area contributed by atoms with E-state index in [0.29, 0.717) is 12.6 Å². The van der Waals surface area contributed by atoms with E-state index in [2.05, 4.69) is 61.6 Å². The average molecular weight is 386 g/mol. The van der Waals surface area contributed by atoms with Crippen molar-refractivity contribution in [3.8, 4) is 0 Å². The molecule has 6 heteroatoms. The van der Waals surface area contributed by atoms with E-state index in [-0.39, 0.29) is 0 Å². The van der Waals surface area contributed by atoms with Gasteiger partial charge in [-0.3, -0.25) is 0 Å². The Labute approximate surface area is 130 Å². The molecule has 0 atom stereocenters. The standard InChI is InChI=1S/C13H15IN4S/c14-10-3-1-9(2-4-10)8-19-13-17-16-12(7-15)18(13)11-5-6-11/h1-4,11H,5-8,15H2. The van der Waals surface area contributed by atoms with Crippen LogP contribution in [0.2, 0.25) is 0 Å². The number of hydrogen-bond acceptors (Lipinski definition) is 4. The van der Waals surface area contributed by atoms with Crippen LogP contribution in [0.1, 0.15) is 30.3 Å². The van der Waals surface area contributed by atoms with Crippen LogP contribution >= 0.6 is 34.4 Å². The molecule has 0 unspecified atom stereocenters. The molecule has 1 aromatic heterocycles. The van der Waals surface area contributed by atoms with Gasteiger partial charge in [-0.1, -0.05) is 23.9 Å². The van der Waals surface area contributed by atoms with Gasteiger partial charge in [0, 0.05) is 15.4 Å². The van der Waals surface area contributed by atoms with Crippen molar-refractivity contribution in [2.24, 2.45) is 5.73 Å². The molecule has 100 valence electrons. The van der Waals surface area contributed by atoms with Crippen molar-refractivity contribution in [2.75, 3.05) is 0 Å². The summed E-state index contributed by atoms with van der Waals surface area (Å²) in [5.74, 6) is 1.83. The van der Waals surface area contributed by atoms with Crippen LogP contribution in [0.25, 0.3) is 0 Å². The fourth-order valence-corrected chi connectivity index (χ4v) is 3.31. The lowest BCUT2D eigenvalue weighted by Gasteiger charge is -2.07. The monoisotopic (exact) mass is 386 g/mol. The van der Waals surface area contributed by atoms with Crippen LogP contribution in [0.4, 0.5) is 0 Å². The SMILES string of the molecule is NCc1nnc(SCc2ccc(I)cc2)n1C1CC1. The minimum absolute atomic E-state index is 0.466. The molecule has 1 aromatic carbocycles. The van der Waals surface area contributed by atoms with Gasteiger partial charge in [0.15, 0.2) is 5.16 Å². The van der Waals surface area contributed by atoms with Gasteiger partial charge in [-0.25, -0.2) is 0 Å². The molecule has 0 saturated heterocycles. The van der Waals surface area contributed by atoms with E-state index >= 15 is 0 Å². The summed E-state index contributed by atoms with van der Waals surface area (Å²) in [7, 11) is 0. The van der Waals surface area contributed by atoms with Crippen molar-refractivity contribution in [2.45, 2.75) is 36.3 Å². The number of hydrogen-bond donors (Lipinski definition) is 1. The van der Waals surface area contributed by atoms with E-state index in [1.54, 1.807) is 11.8 Å². The Morgan fingerprint density at radius 2 is 2.00 bits per heavy atom. The summed E-state index contributed by atoms with van der Waals surface area (Å²) < 4.78 is 3.48. The van der Waals surface area contributed by atoms with Crippen molar-refractivity contribution in [3.05, 3.63) is 39.2 Å². The van der Waals surface area contributed by atoms with Crippen molar-refractivity contribution in [1.82, 2.24) is 14.8 Å². The first-order chi connectivity index (χ1) is 9.28. The van der Waals surface area contributed by atoms with E-state index in [9.17, 15) is 0 Å². The van der Waals surface area contributed by atoms with Gasteiger partial charge in [-0.05, 0) is 53.1 Å². The Morgan fingerprint density at radius 1 is 1.26 bits per heavy atom. The molecule has 0 radical (unpaired) electrons. The summed E-state index contributed by atoms with van der Waals surface area (Å²) in [6.07, 6.45) is 2.45. The summed E-state index contributed by atoms with van der Waals surface area (Å²) in [6, 6.07) is 9.17. The second-order valence-corrected chi connectivity index (χ2v) is 6.81. The number of halogens is 1. The number of rotatable bonds is 5. The minimum Gasteiger partial charge on any atom is -0.324 e. The van der Waals surface area contributed by atoms with Crippen LogP contribution < -0.4 is 5.73 Å². The van der Waals surface area contributed by atoms with Crippen LogP contribution in [0.15, 0.2) is 29.4 Å². The summed E-state index contributed by atoms with van der Waals surface area (Å²) in [5, 5.41) is 9.46. The zero-order chi connectivity index (χ0) is 13.2. The average Bonchev–Trinajstić information content (AvgIpc) is 3.18. The van der Waals surface area contributed by atoms with Crippen LogP contribution in [-0.2, 0) is 12.3 Å². The van der Waals surface area contributed by atoms with Crippen molar-refractivity contribution in [3.63, 3.8) is 0 Å². The smallest absolute Gasteiger partial charge is 0.191 e. The summed E-state index contributed by atoms with van der Waals surface area (Å²) in [4.78, 5) is 0. The van der Waals surface area contributed by atoms with Crippen molar-refractivity contribution >= 4 is 34.4 Å². The third-order valence-corrected chi connectivity index (χ3v) is 4.84. The molecule has 1 aliphatic carbocycles. The summed E-state index contributed by atoms with van der Waals surface area (Å²) >= 11 is 4.06. The third kappa shape index (κ3) is 3.11. The highest BCUT2D eigenvalue weighted by Gasteiger charge is 2.29. The first-order valence-corrected chi connectivity index (χ1v) is 8.35. The maximum atomic E-state index is 5.72. The molecule has 4 nitrogen and oxygen atoms in total. The van der Waals surface area contributed by atoms with Crippen LogP contribution in [0, 0.1) is 3.57 Å². The molecule has 0 aliphatic heterocycles. The Bertz CT molecular complexity index is 563. The van der Waals surface area contributed by atoms with Gasteiger partial charge in [-0.15, -0.1) is 10.2 Å². The molecule has 1 heterocycles. The highest BCUT2D eigenvalue weighted by Crippen LogP contribution is 2.39. The van der Waals surface area contributed by atoms with Crippen LogP contribution in [0.5, 0.6) is 0 Å². The molecule has 2 aromatic rings. The molecular weight excluding hydrogens is 371 g/mol. The molecule has 1 aliphatic rings. The lowest BCUT2D eigenvalue weighted by molar-refractivity contribution is 0.626. The topological polar surface area (TPSA) is 56.7 Å². The Kier molecular flexibility index (Phi) is 4.09. The van der Waals surface area contributed by atoms with Crippen molar-refractivity contribution < 1.29 is 0 Å². The number of thioether (sulfide) groups is 1. The van der Waals surface area contributed by atoms with Gasteiger partial charge in [0.05, 0.1) is 6.54 Å². The fourth-order valence-electron chi connectivity index (χ4n) is 1.97. The number of nitrogens with two attached hydrogens (primary N) is 1. The van der Waals surface area contributed by atoms with Crippen molar-refractivity contribution in [1.29, 1.82) is 0 Å². The Hall–Kier alpha value is -0.600. The normalized spacial score (nSPS) is 14.8. The van der Waals surface area contributed by atoms with Gasteiger partial charge in [0.1, 0.15) is 5.82 Å². The maximum absolute atomic E-state index is 5.72. The minimum atomic E-state index is 0.466. The lowest BCUT2D eigenvalue weighted by atomic mass is 10.2. The molecule has 0 spiro atoms. The zero-order valence-corrected chi connectivity index (χ0v) is 13.4. The number of aromatic nitrogens is 3. The first kappa shape index (κ1) is 13.4. The van der Waals surface area contributed by atoms with Gasteiger partial charge in [0.25, 0.3) is 0 Å². The highest BCUT2D eigenvalue weighted by atomic mass is 127. The lowest BCUT2D eigenvalue weighted by Crippen LogP contribution is -2.08. The largest absolute Gasteiger partial charge is 0.324 e. The molecular formula is C13H15IN4S. The van der Waals surface area contributed by atoms with E-state index in [1.807, 2.05) is 0 Å². The maximum Gasteiger partial charge on any atom is 0.191 e. The van der Waals surface area contributed by atoms with Crippen LogP contribution in [-0.4, -0.2) is 14.8 Å². The highest BCUT2D eigenvalue weighted by molar-refractivity contribution is 14.1. The van der Waals surface area contributed by atoms with E-state index < -0.39 is 0 Å². The predicted octanol–water partition coefficient (Wildman–Crippen LogP) is 2.97. The van der Waals surface area contributed by atoms with E-state index in [1.165, 1.54) is 22.0 Å². The summed E-state index contributed by atoms with van der Waals surface area (Å²) in [5.41, 5.74) is 7.03. The quantitative estimate of drug-likeness (QED) is 0.634. The molecule has 1 saturated carbocycles. The molecule has 1 fully saturated rings. The van der Waals surface area contributed by atoms with Gasteiger partial charge < -0.3 is 10.3 Å². The first-order valence-electron chi connectivity index (χ1n) is 6.29. The second kappa shape index (κ2) is 5.80. The Morgan fingerprint density at radius 3 is 2.63 bits per heavy atom.